The van der Waals surface area contributed by atoms with Crippen LogP contribution in [0.25, 0.3) is 17.2 Å². The Hall–Kier alpha value is -3.42. The monoisotopic (exact) mass is 392 g/mol. The van der Waals surface area contributed by atoms with E-state index in [9.17, 15) is 9.59 Å². The lowest BCUT2D eigenvalue weighted by Crippen LogP contribution is -2.40. The van der Waals surface area contributed by atoms with Crippen LogP contribution in [0.4, 0.5) is 5.95 Å². The molecular weight excluding hydrogens is 368 g/mol. The summed E-state index contributed by atoms with van der Waals surface area (Å²) < 4.78 is 4.60. The van der Waals surface area contributed by atoms with Crippen LogP contribution in [0, 0.1) is 0 Å². The number of anilines is 1. The molecule has 4 rings (SSSR count). The van der Waals surface area contributed by atoms with E-state index in [2.05, 4.69) is 10.1 Å². The molecule has 8 heteroatoms. The van der Waals surface area contributed by atoms with Crippen LogP contribution in [0.5, 0.6) is 0 Å². The Bertz CT molecular complexity index is 1230. The number of hydrogen-bond acceptors (Lipinski definition) is 5. The van der Waals surface area contributed by atoms with Gasteiger partial charge in [0.2, 0.25) is 5.95 Å². The van der Waals surface area contributed by atoms with E-state index in [0.717, 1.165) is 11.3 Å². The van der Waals surface area contributed by atoms with E-state index in [1.165, 1.54) is 9.13 Å². The van der Waals surface area contributed by atoms with Gasteiger partial charge in [-0.1, -0.05) is 49.4 Å². The molecule has 0 atom stereocenters. The molecule has 2 aromatic heterocycles. The maximum atomic E-state index is 13.1. The molecule has 0 saturated carbocycles. The van der Waals surface area contributed by atoms with Crippen molar-refractivity contribution in [2.45, 2.75) is 33.4 Å². The third-order valence-corrected chi connectivity index (χ3v) is 4.96. The van der Waals surface area contributed by atoms with Gasteiger partial charge in [-0.15, -0.1) is 0 Å². The Morgan fingerprint density at radius 2 is 1.93 bits per heavy atom. The maximum absolute atomic E-state index is 13.1. The fourth-order valence-electron chi connectivity index (χ4n) is 3.61. The molecule has 1 aliphatic heterocycles. The zero-order chi connectivity index (χ0) is 20.5. The zero-order valence-corrected chi connectivity index (χ0v) is 16.9. The highest BCUT2D eigenvalue weighted by atomic mass is 16.2. The van der Waals surface area contributed by atoms with Crippen molar-refractivity contribution in [3.63, 3.8) is 0 Å². The lowest BCUT2D eigenvalue weighted by molar-refractivity contribution is 0.591. The summed E-state index contributed by atoms with van der Waals surface area (Å²) in [6.07, 6.45) is 4.74. The van der Waals surface area contributed by atoms with Crippen molar-refractivity contribution >= 4 is 28.9 Å². The molecule has 0 saturated heterocycles. The molecule has 0 N–H and O–H groups in total. The van der Waals surface area contributed by atoms with Crippen molar-refractivity contribution in [1.82, 2.24) is 18.7 Å². The van der Waals surface area contributed by atoms with Crippen molar-refractivity contribution < 1.29 is 0 Å². The van der Waals surface area contributed by atoms with Crippen LogP contribution in [0.2, 0.25) is 0 Å². The molecule has 0 aliphatic carbocycles. The van der Waals surface area contributed by atoms with Gasteiger partial charge in [-0.05, 0) is 18.9 Å². The number of imidazole rings is 1. The summed E-state index contributed by atoms with van der Waals surface area (Å²) in [7, 11) is 1.66. The van der Waals surface area contributed by atoms with Gasteiger partial charge < -0.3 is 0 Å². The molecule has 0 spiro atoms. The molecule has 29 heavy (non-hydrogen) atoms. The summed E-state index contributed by atoms with van der Waals surface area (Å²) in [5.74, 6) is 0.574. The summed E-state index contributed by atoms with van der Waals surface area (Å²) in [5, 5.41) is 6.38. The van der Waals surface area contributed by atoms with Crippen LogP contribution in [-0.2, 0) is 20.1 Å². The van der Waals surface area contributed by atoms with Crippen molar-refractivity contribution in [2.75, 3.05) is 11.6 Å². The van der Waals surface area contributed by atoms with E-state index in [-0.39, 0.29) is 11.2 Å². The first-order chi connectivity index (χ1) is 14.0. The molecule has 0 unspecified atom stereocenters. The Labute approximate surface area is 168 Å². The van der Waals surface area contributed by atoms with Crippen LogP contribution in [0.15, 0.2) is 51.1 Å². The molecule has 1 aliphatic rings. The fourth-order valence-corrected chi connectivity index (χ4v) is 3.61. The van der Waals surface area contributed by atoms with Gasteiger partial charge in [0.1, 0.15) is 0 Å². The average molecular weight is 392 g/mol. The summed E-state index contributed by atoms with van der Waals surface area (Å²) in [5.41, 5.74) is 2.18. The first-order valence-corrected chi connectivity index (χ1v) is 9.74. The van der Waals surface area contributed by atoms with E-state index in [1.54, 1.807) is 12.1 Å². The average Bonchev–Trinajstić information content (AvgIpc) is 3.10. The highest BCUT2D eigenvalue weighted by Gasteiger charge is 2.25. The molecule has 8 nitrogen and oxygen atoms in total. The van der Waals surface area contributed by atoms with Gasteiger partial charge in [0.05, 0.1) is 18.8 Å². The largest absolute Gasteiger partial charge is 0.332 e. The number of aryl methyl sites for hydroxylation is 1. The number of hydrazone groups is 1. The van der Waals surface area contributed by atoms with Gasteiger partial charge in [-0.25, -0.2) is 9.80 Å². The molecule has 0 bridgehead atoms. The number of hydrogen-bond donors (Lipinski definition) is 0. The quantitative estimate of drug-likeness (QED) is 0.667. The molecular formula is C21H24N6O2. The minimum Gasteiger partial charge on any atom is -0.297 e. The van der Waals surface area contributed by atoms with Gasteiger partial charge in [-0.2, -0.15) is 10.1 Å². The van der Waals surface area contributed by atoms with Crippen LogP contribution in [-0.4, -0.2) is 30.9 Å². The molecule has 0 amide bonds. The van der Waals surface area contributed by atoms with Gasteiger partial charge in [0.15, 0.2) is 11.2 Å². The number of nitrogens with zero attached hydrogens (tertiary/aromatic N) is 6. The first kappa shape index (κ1) is 18.9. The van der Waals surface area contributed by atoms with Crippen molar-refractivity contribution in [3.05, 3.63) is 62.8 Å². The first-order valence-electron chi connectivity index (χ1n) is 9.74. The molecule has 0 fully saturated rings. The predicted molar refractivity (Wildman–Crippen MR) is 115 cm³/mol. The van der Waals surface area contributed by atoms with Crippen LogP contribution in [0.3, 0.4) is 0 Å². The van der Waals surface area contributed by atoms with Gasteiger partial charge >= 0.3 is 5.69 Å². The van der Waals surface area contributed by atoms with Crippen LogP contribution >= 0.6 is 0 Å². The molecule has 150 valence electrons. The number of aromatic nitrogens is 4. The highest BCUT2D eigenvalue weighted by Crippen LogP contribution is 2.23. The normalized spacial score (nSPS) is 13.9. The van der Waals surface area contributed by atoms with E-state index in [4.69, 9.17) is 0 Å². The number of benzene rings is 1. The van der Waals surface area contributed by atoms with Gasteiger partial charge in [0.25, 0.3) is 5.56 Å². The summed E-state index contributed by atoms with van der Waals surface area (Å²) in [6, 6.07) is 10.0. The summed E-state index contributed by atoms with van der Waals surface area (Å²) in [6.45, 7) is 5.24. The molecule has 3 aromatic rings. The minimum atomic E-state index is -0.340. The van der Waals surface area contributed by atoms with Crippen molar-refractivity contribution in [1.29, 1.82) is 0 Å². The Morgan fingerprint density at radius 3 is 2.66 bits per heavy atom. The second-order valence-corrected chi connectivity index (χ2v) is 7.20. The van der Waals surface area contributed by atoms with Crippen LogP contribution < -0.4 is 16.3 Å². The maximum Gasteiger partial charge on any atom is 0.332 e. The molecule has 3 heterocycles. The lowest BCUT2D eigenvalue weighted by atomic mass is 10.2. The number of fused-ring (bicyclic) bond motifs is 3. The smallest absolute Gasteiger partial charge is 0.297 e. The third kappa shape index (κ3) is 3.30. The summed E-state index contributed by atoms with van der Waals surface area (Å²) >= 11 is 0. The van der Waals surface area contributed by atoms with Crippen molar-refractivity contribution in [2.24, 2.45) is 12.1 Å². The van der Waals surface area contributed by atoms with Crippen molar-refractivity contribution in [3.8, 4) is 0 Å². The van der Waals surface area contributed by atoms with E-state index in [1.807, 2.05) is 60.9 Å². The Balaban J connectivity index is 1.79. The summed E-state index contributed by atoms with van der Waals surface area (Å²) in [4.78, 5) is 30.3. The van der Waals surface area contributed by atoms with E-state index >= 15 is 0 Å². The van der Waals surface area contributed by atoms with Gasteiger partial charge in [0, 0.05) is 13.6 Å². The van der Waals surface area contributed by atoms with E-state index in [0.29, 0.717) is 43.2 Å². The lowest BCUT2D eigenvalue weighted by Gasteiger charge is -2.23. The fraction of sp³-hybridized carbons (Fsp3) is 0.333. The minimum absolute atomic E-state index is 0.293. The second kappa shape index (κ2) is 7.54. The second-order valence-electron chi connectivity index (χ2n) is 7.20. The van der Waals surface area contributed by atoms with Crippen LogP contribution in [0.1, 0.15) is 25.8 Å². The SMILES string of the molecule is CCCn1c(=O)c2c(nc3n2CC(C)=NN3C/C=C/c2ccccc2)n(C)c1=O. The molecule has 0 radical (unpaired) electrons. The van der Waals surface area contributed by atoms with E-state index < -0.39 is 0 Å². The van der Waals surface area contributed by atoms with Gasteiger partial charge in [-0.3, -0.25) is 18.5 Å². The zero-order valence-electron chi connectivity index (χ0n) is 16.9. The number of rotatable bonds is 5. The Kier molecular flexibility index (Phi) is 4.92. The standard InChI is InChI=1S/C21H24N6O2/c1-4-12-25-19(28)17-18(24(3)21(25)29)22-20-26(17)14-15(2)23-27(20)13-8-11-16-9-6-5-7-10-16/h5-11H,4,12-14H2,1-3H3/b11-8+. The Morgan fingerprint density at radius 1 is 1.17 bits per heavy atom. The highest BCUT2D eigenvalue weighted by molar-refractivity contribution is 5.87. The predicted octanol–water partition coefficient (Wildman–Crippen LogP) is 2.22. The molecule has 1 aromatic carbocycles. The topological polar surface area (TPSA) is 77.4 Å². The third-order valence-electron chi connectivity index (χ3n) is 4.96.